The van der Waals surface area contributed by atoms with Crippen molar-refractivity contribution in [2.24, 2.45) is 0 Å². The molecule has 1 aromatic carbocycles. The molecule has 0 radical (unpaired) electrons. The zero-order chi connectivity index (χ0) is 18.4. The Balaban J connectivity index is 2.45. The first kappa shape index (κ1) is 19.3. The van der Waals surface area contributed by atoms with Gasteiger partial charge in [0.1, 0.15) is 4.90 Å². The molecule has 0 spiro atoms. The Morgan fingerprint density at radius 3 is 2.36 bits per heavy atom. The average molecular weight is 375 g/mol. The predicted molar refractivity (Wildman–Crippen MR) is 86.6 cm³/mol. The lowest BCUT2D eigenvalue weighted by Crippen LogP contribution is -2.40. The van der Waals surface area contributed by atoms with Crippen molar-refractivity contribution in [3.63, 3.8) is 0 Å². The number of rotatable bonds is 7. The van der Waals surface area contributed by atoms with Gasteiger partial charge in [-0.15, -0.1) is 0 Å². The smallest absolute Gasteiger partial charge is 0.343 e. The van der Waals surface area contributed by atoms with E-state index in [0.29, 0.717) is 13.2 Å². The highest BCUT2D eigenvalue weighted by molar-refractivity contribution is 7.89. The zero-order valence-electron chi connectivity index (χ0n) is 14.3. The third kappa shape index (κ3) is 4.14. The molecule has 0 amide bonds. The Kier molecular flexibility index (Phi) is 6.45. The van der Waals surface area contributed by atoms with Crippen molar-refractivity contribution < 1.29 is 36.9 Å². The number of ether oxygens (including phenoxy) is 5. The van der Waals surface area contributed by atoms with Crippen LogP contribution < -0.4 is 14.2 Å². The summed E-state index contributed by atoms with van der Waals surface area (Å²) in [4.78, 5) is 11.3. The highest BCUT2D eigenvalue weighted by Crippen LogP contribution is 2.42. The fourth-order valence-electron chi connectivity index (χ4n) is 2.34. The summed E-state index contributed by atoms with van der Waals surface area (Å²) in [5, 5.41) is 0. The van der Waals surface area contributed by atoms with Gasteiger partial charge in [-0.3, -0.25) is 0 Å². The summed E-state index contributed by atoms with van der Waals surface area (Å²) in [5.41, 5.74) is 0. The van der Waals surface area contributed by atoms with Gasteiger partial charge in [0, 0.05) is 13.1 Å². The first-order valence-corrected chi connectivity index (χ1v) is 8.92. The molecule has 0 atom stereocenters. The summed E-state index contributed by atoms with van der Waals surface area (Å²) in [6, 6.07) is 2.83. The molecular weight excluding hydrogens is 354 g/mol. The van der Waals surface area contributed by atoms with Crippen molar-refractivity contribution >= 4 is 16.0 Å². The van der Waals surface area contributed by atoms with Gasteiger partial charge in [-0.2, -0.15) is 4.31 Å². The number of benzene rings is 1. The summed E-state index contributed by atoms with van der Waals surface area (Å²) in [6.07, 6.45) is 0. The molecule has 0 N–H and O–H groups in total. The number of morpholine rings is 1. The lowest BCUT2D eigenvalue weighted by atomic mass is 10.3. The van der Waals surface area contributed by atoms with E-state index in [1.54, 1.807) is 0 Å². The number of carbonyl (C=O) groups is 1. The quantitative estimate of drug-likeness (QED) is 0.627. The molecule has 1 fully saturated rings. The first-order chi connectivity index (χ1) is 12.0. The molecule has 1 saturated heterocycles. The molecule has 25 heavy (non-hydrogen) atoms. The Bertz CT molecular complexity index is 712. The van der Waals surface area contributed by atoms with Crippen LogP contribution in [0.25, 0.3) is 0 Å². The maximum atomic E-state index is 12.9. The van der Waals surface area contributed by atoms with Crippen molar-refractivity contribution in [1.29, 1.82) is 0 Å². The number of esters is 1. The molecule has 0 aliphatic carbocycles. The van der Waals surface area contributed by atoms with E-state index in [2.05, 4.69) is 4.74 Å². The SMILES string of the molecule is COC(=O)COc1c(OC)ccc(S(=O)(=O)N2CCOCC2)c1OC. The number of nitrogens with zero attached hydrogens (tertiary/aromatic N) is 1. The standard InChI is InChI=1S/C15H21NO8S/c1-20-11-4-5-12(25(18,19)16-6-8-23-9-7-16)15(22-3)14(11)24-10-13(17)21-2/h4-5H,6-10H2,1-3H3. The van der Waals surface area contributed by atoms with Crippen molar-refractivity contribution in [2.75, 3.05) is 54.2 Å². The fraction of sp³-hybridized carbons (Fsp3) is 0.533. The van der Waals surface area contributed by atoms with Crippen molar-refractivity contribution in [3.05, 3.63) is 12.1 Å². The minimum atomic E-state index is -3.82. The van der Waals surface area contributed by atoms with Gasteiger partial charge in [-0.05, 0) is 12.1 Å². The predicted octanol–water partition coefficient (Wildman–Crippen LogP) is 0.277. The van der Waals surface area contributed by atoms with Gasteiger partial charge in [-0.1, -0.05) is 0 Å². The van der Waals surface area contributed by atoms with Crippen LogP contribution in [-0.2, 0) is 24.3 Å². The number of hydrogen-bond acceptors (Lipinski definition) is 8. The molecule has 9 nitrogen and oxygen atoms in total. The average Bonchev–Trinajstić information content (AvgIpc) is 2.65. The molecule has 1 aromatic rings. The van der Waals surface area contributed by atoms with E-state index < -0.39 is 22.6 Å². The molecular formula is C15H21NO8S. The van der Waals surface area contributed by atoms with Gasteiger partial charge in [0.15, 0.2) is 18.1 Å². The first-order valence-electron chi connectivity index (χ1n) is 7.48. The molecule has 0 bridgehead atoms. The van der Waals surface area contributed by atoms with E-state index in [4.69, 9.17) is 18.9 Å². The summed E-state index contributed by atoms with van der Waals surface area (Å²) >= 11 is 0. The van der Waals surface area contributed by atoms with Crippen LogP contribution in [0.1, 0.15) is 0 Å². The second-order valence-corrected chi connectivity index (χ2v) is 6.92. The summed E-state index contributed by atoms with van der Waals surface area (Å²) < 4.78 is 52.7. The van der Waals surface area contributed by atoms with Crippen LogP contribution in [0.15, 0.2) is 17.0 Å². The van der Waals surface area contributed by atoms with E-state index in [1.807, 2.05) is 0 Å². The molecule has 0 saturated carbocycles. The molecule has 1 heterocycles. The van der Waals surface area contributed by atoms with Gasteiger partial charge in [0.05, 0.1) is 34.5 Å². The van der Waals surface area contributed by atoms with E-state index in [0.717, 1.165) is 0 Å². The summed E-state index contributed by atoms with van der Waals surface area (Å²) in [7, 11) is 0.118. The highest BCUT2D eigenvalue weighted by atomic mass is 32.2. The lowest BCUT2D eigenvalue weighted by Gasteiger charge is -2.27. The second kappa shape index (κ2) is 8.37. The largest absolute Gasteiger partial charge is 0.493 e. The monoisotopic (exact) mass is 375 g/mol. The van der Waals surface area contributed by atoms with Crippen LogP contribution in [0.5, 0.6) is 17.2 Å². The van der Waals surface area contributed by atoms with E-state index in [9.17, 15) is 13.2 Å². The Morgan fingerprint density at radius 1 is 1.12 bits per heavy atom. The normalized spacial score (nSPS) is 15.5. The number of methoxy groups -OCH3 is 3. The van der Waals surface area contributed by atoms with Crippen LogP contribution in [0, 0.1) is 0 Å². The Morgan fingerprint density at radius 2 is 1.80 bits per heavy atom. The van der Waals surface area contributed by atoms with Crippen LogP contribution in [0.4, 0.5) is 0 Å². The summed E-state index contributed by atoms with van der Waals surface area (Å²) in [6.45, 7) is 0.725. The number of carbonyl (C=O) groups excluding carboxylic acids is 1. The van der Waals surface area contributed by atoms with Crippen LogP contribution in [0.3, 0.4) is 0 Å². The van der Waals surface area contributed by atoms with Crippen molar-refractivity contribution in [2.45, 2.75) is 4.90 Å². The lowest BCUT2D eigenvalue weighted by molar-refractivity contribution is -0.142. The zero-order valence-corrected chi connectivity index (χ0v) is 15.1. The third-order valence-electron chi connectivity index (χ3n) is 3.61. The minimum absolute atomic E-state index is 0.0183. The molecule has 1 aliphatic heterocycles. The fourth-order valence-corrected chi connectivity index (χ4v) is 3.89. The number of sulfonamides is 1. The maximum Gasteiger partial charge on any atom is 0.343 e. The maximum absolute atomic E-state index is 12.9. The molecule has 2 rings (SSSR count). The van der Waals surface area contributed by atoms with Gasteiger partial charge in [0.2, 0.25) is 15.8 Å². The molecule has 140 valence electrons. The Labute approximate surface area is 146 Å². The van der Waals surface area contributed by atoms with Gasteiger partial charge < -0.3 is 23.7 Å². The topological polar surface area (TPSA) is 101 Å². The molecule has 1 aliphatic rings. The van der Waals surface area contributed by atoms with Gasteiger partial charge >= 0.3 is 5.97 Å². The van der Waals surface area contributed by atoms with E-state index in [-0.39, 0.29) is 35.2 Å². The third-order valence-corrected chi connectivity index (χ3v) is 5.54. The molecule has 0 unspecified atom stereocenters. The minimum Gasteiger partial charge on any atom is -0.493 e. The Hall–Kier alpha value is -2.04. The van der Waals surface area contributed by atoms with Gasteiger partial charge in [-0.25, -0.2) is 13.2 Å². The van der Waals surface area contributed by atoms with Crippen LogP contribution in [0.2, 0.25) is 0 Å². The number of hydrogen-bond donors (Lipinski definition) is 0. The van der Waals surface area contributed by atoms with Gasteiger partial charge in [0.25, 0.3) is 0 Å². The van der Waals surface area contributed by atoms with Crippen molar-refractivity contribution in [3.8, 4) is 17.2 Å². The van der Waals surface area contributed by atoms with E-state index >= 15 is 0 Å². The van der Waals surface area contributed by atoms with E-state index in [1.165, 1.54) is 37.8 Å². The highest BCUT2D eigenvalue weighted by Gasteiger charge is 2.32. The van der Waals surface area contributed by atoms with Crippen LogP contribution in [-0.4, -0.2) is 72.9 Å². The molecule has 0 aromatic heterocycles. The summed E-state index contributed by atoms with van der Waals surface area (Å²) in [5.74, 6) is -0.397. The second-order valence-electron chi connectivity index (χ2n) is 5.01. The molecule has 10 heteroatoms. The van der Waals surface area contributed by atoms with Crippen LogP contribution >= 0.6 is 0 Å². The van der Waals surface area contributed by atoms with Crippen molar-refractivity contribution in [1.82, 2.24) is 4.31 Å².